The first-order valence-corrected chi connectivity index (χ1v) is 12.3. The first kappa shape index (κ1) is 19.8. The fourth-order valence-electron chi connectivity index (χ4n) is 3.56. The van der Waals surface area contributed by atoms with Gasteiger partial charge < -0.3 is 4.72 Å². The molecule has 2 unspecified atom stereocenters. The van der Waals surface area contributed by atoms with Gasteiger partial charge in [-0.25, -0.2) is 8.42 Å². The Labute approximate surface area is 185 Å². The highest BCUT2D eigenvalue weighted by atomic mass is 32.2. The summed E-state index contributed by atoms with van der Waals surface area (Å²) in [6.45, 7) is 2.82. The molecule has 156 valence electrons. The van der Waals surface area contributed by atoms with E-state index in [4.69, 9.17) is 0 Å². The van der Waals surface area contributed by atoms with Crippen molar-refractivity contribution in [2.45, 2.75) is 11.8 Å². The van der Waals surface area contributed by atoms with Crippen LogP contribution in [0.25, 0.3) is 22.2 Å². The molecule has 1 aliphatic heterocycles. The maximum absolute atomic E-state index is 12.9. The van der Waals surface area contributed by atoms with Gasteiger partial charge in [0.25, 0.3) is 0 Å². The highest BCUT2D eigenvalue weighted by molar-refractivity contribution is 7.88. The van der Waals surface area contributed by atoms with Crippen LogP contribution in [0.15, 0.2) is 78.0 Å². The Morgan fingerprint density at radius 3 is 2.61 bits per heavy atom. The summed E-state index contributed by atoms with van der Waals surface area (Å²) in [5.41, 5.74) is 5.41. The van der Waals surface area contributed by atoms with Crippen molar-refractivity contribution in [1.82, 2.24) is 9.97 Å². The van der Waals surface area contributed by atoms with Gasteiger partial charge in [-0.15, -0.1) is 0 Å². The normalized spacial score (nSPS) is 16.7. The standard InChI is InChI=1S/C23H20N4O2S2/c1-16-4-5-17(15-21(16)23-20-3-2-11-24-22(20)10-12-25-23)26-31(29)19-8-6-18(7-9-19)27-13-14-30(27)28/h2-12,15,26H,13-14H2,1H3. The maximum Gasteiger partial charge on any atom is 0.150 e. The molecule has 31 heavy (non-hydrogen) atoms. The summed E-state index contributed by atoms with van der Waals surface area (Å²) in [6, 6.07) is 19.0. The van der Waals surface area contributed by atoms with E-state index in [0.717, 1.165) is 45.6 Å². The average molecular weight is 449 g/mol. The number of hydrogen-bond acceptors (Lipinski definition) is 4. The molecule has 1 fully saturated rings. The lowest BCUT2D eigenvalue weighted by atomic mass is 10.0. The second-order valence-electron chi connectivity index (χ2n) is 7.25. The van der Waals surface area contributed by atoms with Crippen LogP contribution in [-0.4, -0.2) is 30.7 Å². The molecule has 4 aromatic rings. The zero-order valence-corrected chi connectivity index (χ0v) is 18.5. The fraction of sp³-hybridized carbons (Fsp3) is 0.130. The van der Waals surface area contributed by atoms with Crippen molar-refractivity contribution in [2.75, 3.05) is 21.3 Å². The summed E-state index contributed by atoms with van der Waals surface area (Å²) in [4.78, 5) is 9.66. The Balaban J connectivity index is 1.41. The van der Waals surface area contributed by atoms with E-state index >= 15 is 0 Å². The number of benzene rings is 2. The highest BCUT2D eigenvalue weighted by Gasteiger charge is 2.23. The second-order valence-corrected chi connectivity index (χ2v) is 9.96. The number of nitrogens with zero attached hydrogens (tertiary/aromatic N) is 3. The van der Waals surface area contributed by atoms with E-state index in [2.05, 4.69) is 14.7 Å². The Morgan fingerprint density at radius 1 is 1.03 bits per heavy atom. The number of nitrogens with one attached hydrogen (secondary N) is 1. The molecule has 5 rings (SSSR count). The van der Waals surface area contributed by atoms with E-state index in [1.807, 2.05) is 59.8 Å². The van der Waals surface area contributed by atoms with Crippen LogP contribution in [0.2, 0.25) is 0 Å². The van der Waals surface area contributed by atoms with Crippen LogP contribution in [0.4, 0.5) is 11.4 Å². The van der Waals surface area contributed by atoms with Gasteiger partial charge in [0, 0.05) is 41.3 Å². The Bertz CT molecular complexity index is 1320. The zero-order valence-electron chi connectivity index (χ0n) is 16.8. The summed E-state index contributed by atoms with van der Waals surface area (Å²) in [6.07, 6.45) is 3.53. The van der Waals surface area contributed by atoms with Gasteiger partial charge in [-0.3, -0.25) is 14.3 Å². The molecule has 0 amide bonds. The Hall–Kier alpha value is -3.10. The molecule has 0 bridgehead atoms. The van der Waals surface area contributed by atoms with Gasteiger partial charge in [-0.1, -0.05) is 6.07 Å². The molecule has 0 aliphatic carbocycles. The molecule has 6 nitrogen and oxygen atoms in total. The van der Waals surface area contributed by atoms with Crippen LogP contribution in [0.1, 0.15) is 5.56 Å². The van der Waals surface area contributed by atoms with Crippen molar-refractivity contribution >= 4 is 44.2 Å². The summed E-state index contributed by atoms with van der Waals surface area (Å²) < 4.78 is 29.5. The minimum Gasteiger partial charge on any atom is -0.301 e. The molecular formula is C23H20N4O2S2. The molecule has 2 aromatic carbocycles. The molecular weight excluding hydrogens is 428 g/mol. The number of pyridine rings is 2. The van der Waals surface area contributed by atoms with Gasteiger partial charge in [-0.05, 0) is 67.1 Å². The van der Waals surface area contributed by atoms with Gasteiger partial charge in [-0.2, -0.15) is 0 Å². The monoisotopic (exact) mass is 448 g/mol. The number of rotatable bonds is 5. The smallest absolute Gasteiger partial charge is 0.150 e. The second kappa shape index (κ2) is 8.20. The van der Waals surface area contributed by atoms with E-state index < -0.39 is 22.0 Å². The third-order valence-electron chi connectivity index (χ3n) is 5.29. The number of aromatic nitrogens is 2. The third-order valence-corrected chi connectivity index (χ3v) is 7.82. The Morgan fingerprint density at radius 2 is 1.87 bits per heavy atom. The first-order valence-electron chi connectivity index (χ1n) is 9.85. The van der Waals surface area contributed by atoms with Gasteiger partial charge in [0.05, 0.1) is 21.9 Å². The third kappa shape index (κ3) is 3.84. The Kier molecular flexibility index (Phi) is 5.25. The van der Waals surface area contributed by atoms with Crippen molar-refractivity contribution in [3.63, 3.8) is 0 Å². The SMILES string of the molecule is Cc1ccc(NS(=O)c2ccc(N3CCS3=O)cc2)cc1-c1nccc2ncccc12. The molecule has 1 N–H and O–H groups in total. The van der Waals surface area contributed by atoms with Crippen molar-refractivity contribution in [1.29, 1.82) is 0 Å². The molecule has 0 saturated carbocycles. The zero-order chi connectivity index (χ0) is 21.4. The van der Waals surface area contributed by atoms with Crippen molar-refractivity contribution in [2.24, 2.45) is 0 Å². The largest absolute Gasteiger partial charge is 0.301 e. The number of aryl methyl sites for hydroxylation is 1. The van der Waals surface area contributed by atoms with E-state index in [9.17, 15) is 8.42 Å². The lowest BCUT2D eigenvalue weighted by Gasteiger charge is -2.31. The molecule has 0 radical (unpaired) electrons. The molecule has 8 heteroatoms. The summed E-state index contributed by atoms with van der Waals surface area (Å²) in [7, 11) is -2.36. The molecule has 2 aromatic heterocycles. The van der Waals surface area contributed by atoms with Crippen LogP contribution in [0.5, 0.6) is 0 Å². The number of hydrogen-bond donors (Lipinski definition) is 1. The van der Waals surface area contributed by atoms with E-state index in [0.29, 0.717) is 10.6 Å². The predicted octanol–water partition coefficient (Wildman–Crippen LogP) is 4.22. The summed E-state index contributed by atoms with van der Waals surface area (Å²) >= 11 is 0. The number of fused-ring (bicyclic) bond motifs is 1. The van der Waals surface area contributed by atoms with E-state index in [1.165, 1.54) is 0 Å². The van der Waals surface area contributed by atoms with Gasteiger partial charge in [0.1, 0.15) is 22.0 Å². The average Bonchev–Trinajstić information content (AvgIpc) is 2.79. The van der Waals surface area contributed by atoms with Crippen LogP contribution in [0.3, 0.4) is 0 Å². The van der Waals surface area contributed by atoms with Crippen LogP contribution < -0.4 is 9.03 Å². The molecule has 3 heterocycles. The topological polar surface area (TPSA) is 75.2 Å². The number of anilines is 2. The van der Waals surface area contributed by atoms with Gasteiger partial charge >= 0.3 is 0 Å². The molecule has 2 atom stereocenters. The minimum absolute atomic E-state index is 0.657. The quantitative estimate of drug-likeness (QED) is 0.496. The molecule has 1 saturated heterocycles. The van der Waals surface area contributed by atoms with Gasteiger partial charge in [0.15, 0.2) is 0 Å². The van der Waals surface area contributed by atoms with Crippen LogP contribution >= 0.6 is 0 Å². The van der Waals surface area contributed by atoms with Crippen molar-refractivity contribution in [3.05, 3.63) is 78.6 Å². The fourth-order valence-corrected chi connectivity index (χ4v) is 5.28. The van der Waals surface area contributed by atoms with E-state index in [1.54, 1.807) is 24.5 Å². The summed E-state index contributed by atoms with van der Waals surface area (Å²) in [5, 5.41) is 0.977. The molecule has 0 spiro atoms. The van der Waals surface area contributed by atoms with Gasteiger partial charge in [0.2, 0.25) is 0 Å². The lowest BCUT2D eigenvalue weighted by molar-refractivity contribution is 0.670. The van der Waals surface area contributed by atoms with E-state index in [-0.39, 0.29) is 0 Å². The van der Waals surface area contributed by atoms with Crippen molar-refractivity contribution < 1.29 is 8.42 Å². The minimum atomic E-state index is -1.42. The summed E-state index contributed by atoms with van der Waals surface area (Å²) in [5.74, 6) is 0.701. The molecule has 1 aliphatic rings. The predicted molar refractivity (Wildman–Crippen MR) is 127 cm³/mol. The highest BCUT2D eigenvalue weighted by Crippen LogP contribution is 2.31. The van der Waals surface area contributed by atoms with Crippen LogP contribution in [-0.2, 0) is 22.0 Å². The first-order chi connectivity index (χ1) is 15.1. The maximum atomic E-state index is 12.9. The van der Waals surface area contributed by atoms with Crippen LogP contribution in [0, 0.1) is 6.92 Å². The van der Waals surface area contributed by atoms with Crippen molar-refractivity contribution in [3.8, 4) is 11.3 Å². The lowest BCUT2D eigenvalue weighted by Crippen LogP contribution is -2.42.